The Morgan fingerprint density at radius 2 is 1.15 bits per heavy atom. The fourth-order valence-electron chi connectivity index (χ4n) is 3.14. The maximum atomic E-state index is 10.9. The Morgan fingerprint density at radius 1 is 0.741 bits per heavy atom. The van der Waals surface area contributed by atoms with Crippen LogP contribution >= 0.6 is 0 Å². The molecule has 0 fully saturated rings. The van der Waals surface area contributed by atoms with E-state index in [4.69, 9.17) is 10.2 Å². The summed E-state index contributed by atoms with van der Waals surface area (Å²) in [6.07, 6.45) is 22.3. The standard InChI is InChI=1S/C22H40O4.Cu/c1-2-3-4-5-6-7-8-9-10-11-12-13-14-15-16-17-18-20(22(25)26)19-21(23)24;/h17-18,20H,2-16,19H2,1H3,(H,23,24)(H,25,26);. The predicted molar refractivity (Wildman–Crippen MR) is 107 cm³/mol. The number of aliphatic carboxylic acids is 2. The van der Waals surface area contributed by atoms with Crippen LogP contribution in [-0.4, -0.2) is 22.2 Å². The van der Waals surface area contributed by atoms with E-state index in [0.29, 0.717) is 0 Å². The minimum Gasteiger partial charge on any atom is -0.481 e. The van der Waals surface area contributed by atoms with Gasteiger partial charge in [-0.25, -0.2) is 0 Å². The summed E-state index contributed by atoms with van der Waals surface area (Å²) in [4.78, 5) is 21.5. The number of rotatable bonds is 19. The van der Waals surface area contributed by atoms with Gasteiger partial charge in [-0.3, -0.25) is 9.59 Å². The van der Waals surface area contributed by atoms with Crippen LogP contribution in [-0.2, 0) is 26.7 Å². The average molecular weight is 432 g/mol. The molecule has 163 valence electrons. The molecule has 1 atom stereocenters. The molecule has 0 saturated carbocycles. The quantitative estimate of drug-likeness (QED) is 0.137. The number of hydrogen-bond acceptors (Lipinski definition) is 2. The number of carbonyl (C=O) groups is 2. The first-order valence-corrected chi connectivity index (χ1v) is 10.7. The maximum absolute atomic E-state index is 10.9. The normalized spacial score (nSPS) is 12.0. The second-order valence-electron chi connectivity index (χ2n) is 7.36. The third-order valence-corrected chi connectivity index (χ3v) is 4.80. The molecule has 2 N–H and O–H groups in total. The van der Waals surface area contributed by atoms with Gasteiger partial charge in [-0.05, 0) is 12.8 Å². The van der Waals surface area contributed by atoms with E-state index >= 15 is 0 Å². The van der Waals surface area contributed by atoms with Crippen LogP contribution in [0.15, 0.2) is 12.2 Å². The molecule has 0 aromatic heterocycles. The van der Waals surface area contributed by atoms with Gasteiger partial charge in [0.1, 0.15) is 0 Å². The predicted octanol–water partition coefficient (Wildman–Crippen LogP) is 6.59. The Morgan fingerprint density at radius 3 is 1.52 bits per heavy atom. The van der Waals surface area contributed by atoms with E-state index in [9.17, 15) is 9.59 Å². The first-order valence-electron chi connectivity index (χ1n) is 10.7. The summed E-state index contributed by atoms with van der Waals surface area (Å²) in [5, 5.41) is 17.6. The zero-order chi connectivity index (χ0) is 19.5. The molecule has 0 aromatic carbocycles. The molecule has 0 aliphatic carbocycles. The van der Waals surface area contributed by atoms with Gasteiger partial charge in [0.2, 0.25) is 0 Å². The van der Waals surface area contributed by atoms with E-state index in [1.54, 1.807) is 0 Å². The Hall–Kier alpha value is -0.801. The van der Waals surface area contributed by atoms with Gasteiger partial charge >= 0.3 is 11.9 Å². The van der Waals surface area contributed by atoms with Crippen molar-refractivity contribution in [1.82, 2.24) is 0 Å². The van der Waals surface area contributed by atoms with Gasteiger partial charge in [0.25, 0.3) is 0 Å². The molecule has 0 bridgehead atoms. The van der Waals surface area contributed by atoms with Crippen LogP contribution in [0, 0.1) is 5.92 Å². The molecule has 0 aliphatic heterocycles. The summed E-state index contributed by atoms with van der Waals surface area (Å²) in [5.41, 5.74) is 0. The van der Waals surface area contributed by atoms with Gasteiger partial charge in [0, 0.05) is 17.1 Å². The first kappa shape index (κ1) is 28.4. The van der Waals surface area contributed by atoms with Crippen LogP contribution in [0.5, 0.6) is 0 Å². The van der Waals surface area contributed by atoms with Crippen molar-refractivity contribution < 1.29 is 36.9 Å². The maximum Gasteiger partial charge on any atom is 0.310 e. The van der Waals surface area contributed by atoms with E-state index in [1.807, 2.05) is 6.08 Å². The Balaban J connectivity index is 0. The molecule has 4 nitrogen and oxygen atoms in total. The van der Waals surface area contributed by atoms with Crippen molar-refractivity contribution in [3.8, 4) is 0 Å². The summed E-state index contributed by atoms with van der Waals surface area (Å²) in [6, 6.07) is 0. The van der Waals surface area contributed by atoms with Gasteiger partial charge in [-0.1, -0.05) is 103 Å². The van der Waals surface area contributed by atoms with E-state index in [-0.39, 0.29) is 23.5 Å². The van der Waals surface area contributed by atoms with E-state index < -0.39 is 17.9 Å². The zero-order valence-corrected chi connectivity index (χ0v) is 18.0. The van der Waals surface area contributed by atoms with Crippen LogP contribution in [0.4, 0.5) is 0 Å². The minimum absolute atomic E-state index is 0. The molecule has 0 heterocycles. The number of hydrogen-bond donors (Lipinski definition) is 2. The molecular weight excluding hydrogens is 392 g/mol. The molecule has 0 aliphatic rings. The van der Waals surface area contributed by atoms with Gasteiger partial charge in [-0.2, -0.15) is 0 Å². The van der Waals surface area contributed by atoms with Crippen molar-refractivity contribution in [2.75, 3.05) is 0 Å². The number of allylic oxidation sites excluding steroid dienone is 1. The number of carboxylic acids is 2. The van der Waals surface area contributed by atoms with Crippen molar-refractivity contribution in [3.63, 3.8) is 0 Å². The summed E-state index contributed by atoms with van der Waals surface area (Å²) >= 11 is 0. The van der Waals surface area contributed by atoms with Crippen LogP contribution in [0.3, 0.4) is 0 Å². The van der Waals surface area contributed by atoms with E-state index in [2.05, 4.69) is 6.92 Å². The van der Waals surface area contributed by atoms with Gasteiger partial charge in [0.15, 0.2) is 0 Å². The smallest absolute Gasteiger partial charge is 0.310 e. The first-order chi connectivity index (χ1) is 12.6. The SMILES string of the molecule is CCCCCCCCCCCCCCCCC=CC(CC(=O)O)C(=O)O.[Cu]. The number of carboxylic acid groups (broad SMARTS) is 2. The zero-order valence-electron chi connectivity index (χ0n) is 17.1. The number of unbranched alkanes of at least 4 members (excludes halogenated alkanes) is 14. The third-order valence-electron chi connectivity index (χ3n) is 4.80. The molecule has 0 saturated heterocycles. The average Bonchev–Trinajstić information content (AvgIpc) is 2.59. The fourth-order valence-corrected chi connectivity index (χ4v) is 3.14. The molecule has 0 aromatic rings. The molecule has 1 radical (unpaired) electrons. The molecule has 5 heteroatoms. The molecule has 0 rings (SSSR count). The van der Waals surface area contributed by atoms with Crippen molar-refractivity contribution in [3.05, 3.63) is 12.2 Å². The topological polar surface area (TPSA) is 74.6 Å². The van der Waals surface area contributed by atoms with Gasteiger partial charge in [0.05, 0.1) is 12.3 Å². The van der Waals surface area contributed by atoms with Crippen LogP contribution in [0.25, 0.3) is 0 Å². The Kier molecular flexibility index (Phi) is 22.6. The second kappa shape index (κ2) is 21.5. The Bertz CT molecular complexity index is 383. The van der Waals surface area contributed by atoms with Crippen molar-refractivity contribution in [2.24, 2.45) is 5.92 Å². The fraction of sp³-hybridized carbons (Fsp3) is 0.818. The van der Waals surface area contributed by atoms with E-state index in [1.165, 1.54) is 89.5 Å². The summed E-state index contributed by atoms with van der Waals surface area (Å²) < 4.78 is 0. The summed E-state index contributed by atoms with van der Waals surface area (Å²) in [7, 11) is 0. The molecular formula is C22H40CuO4. The summed E-state index contributed by atoms with van der Waals surface area (Å²) in [6.45, 7) is 2.26. The third kappa shape index (κ3) is 21.4. The monoisotopic (exact) mass is 431 g/mol. The van der Waals surface area contributed by atoms with Crippen LogP contribution in [0.1, 0.15) is 110 Å². The summed E-state index contributed by atoms with van der Waals surface area (Å²) in [5.74, 6) is -3.04. The van der Waals surface area contributed by atoms with Crippen LogP contribution < -0.4 is 0 Å². The van der Waals surface area contributed by atoms with Gasteiger partial charge < -0.3 is 10.2 Å². The Labute approximate surface area is 176 Å². The molecule has 1 unspecified atom stereocenters. The minimum atomic E-state index is -1.07. The molecule has 0 spiro atoms. The largest absolute Gasteiger partial charge is 0.481 e. The van der Waals surface area contributed by atoms with Crippen molar-refractivity contribution in [2.45, 2.75) is 110 Å². The van der Waals surface area contributed by atoms with E-state index in [0.717, 1.165) is 12.8 Å². The van der Waals surface area contributed by atoms with Crippen molar-refractivity contribution >= 4 is 11.9 Å². The van der Waals surface area contributed by atoms with Crippen molar-refractivity contribution in [1.29, 1.82) is 0 Å². The molecule has 27 heavy (non-hydrogen) atoms. The van der Waals surface area contributed by atoms with Gasteiger partial charge in [-0.15, -0.1) is 0 Å². The van der Waals surface area contributed by atoms with Crippen LogP contribution in [0.2, 0.25) is 0 Å². The molecule has 0 amide bonds. The second-order valence-corrected chi connectivity index (χ2v) is 7.36.